The van der Waals surface area contributed by atoms with Crippen LogP contribution >= 0.6 is 0 Å². The van der Waals surface area contributed by atoms with Crippen molar-refractivity contribution in [2.75, 3.05) is 50.5 Å². The van der Waals surface area contributed by atoms with Crippen LogP contribution in [0.4, 0.5) is 11.4 Å². The molecule has 1 N–H and O–H groups in total. The third kappa shape index (κ3) is 4.21. The zero-order valence-electron chi connectivity index (χ0n) is 13.7. The van der Waals surface area contributed by atoms with Gasteiger partial charge in [0.2, 0.25) is 5.91 Å². The van der Waals surface area contributed by atoms with E-state index < -0.39 is 11.8 Å². The Hall–Kier alpha value is -2.57. The lowest BCUT2D eigenvalue weighted by Crippen LogP contribution is -2.52. The molecule has 1 saturated heterocycles. The van der Waals surface area contributed by atoms with E-state index in [4.69, 9.17) is 0 Å². The first-order chi connectivity index (χ1) is 10.9. The van der Waals surface area contributed by atoms with Gasteiger partial charge >= 0.3 is 11.8 Å². The lowest BCUT2D eigenvalue weighted by atomic mass is 10.2. The molecule has 3 amide bonds. The summed E-state index contributed by atoms with van der Waals surface area (Å²) in [6.45, 7) is 3.18. The molecule has 1 aliphatic rings. The van der Waals surface area contributed by atoms with E-state index in [9.17, 15) is 14.4 Å². The molecule has 1 aromatic rings. The number of rotatable bonds is 2. The lowest BCUT2D eigenvalue weighted by Gasteiger charge is -2.33. The molecule has 0 atom stereocenters. The van der Waals surface area contributed by atoms with Gasteiger partial charge in [0.15, 0.2) is 0 Å². The predicted octanol–water partition coefficient (Wildman–Crippen LogP) is 0.382. The minimum atomic E-state index is -0.655. The largest absolute Gasteiger partial charge is 0.378 e. The molecule has 2 rings (SSSR count). The van der Waals surface area contributed by atoms with Crippen LogP contribution in [0.5, 0.6) is 0 Å². The number of hydrogen-bond donors (Lipinski definition) is 1. The summed E-state index contributed by atoms with van der Waals surface area (Å²) in [7, 11) is 3.81. The predicted molar refractivity (Wildman–Crippen MR) is 88.2 cm³/mol. The fourth-order valence-corrected chi connectivity index (χ4v) is 2.41. The number of benzene rings is 1. The monoisotopic (exact) mass is 318 g/mol. The van der Waals surface area contributed by atoms with Crippen molar-refractivity contribution in [1.29, 1.82) is 0 Å². The van der Waals surface area contributed by atoms with Crippen molar-refractivity contribution in [2.24, 2.45) is 0 Å². The van der Waals surface area contributed by atoms with E-state index in [-0.39, 0.29) is 5.91 Å². The number of nitrogens with one attached hydrogen (secondary N) is 1. The molecule has 23 heavy (non-hydrogen) atoms. The number of piperazine rings is 1. The van der Waals surface area contributed by atoms with E-state index in [1.54, 1.807) is 17.0 Å². The highest BCUT2D eigenvalue weighted by atomic mass is 16.2. The van der Waals surface area contributed by atoms with Gasteiger partial charge in [-0.05, 0) is 18.2 Å². The minimum Gasteiger partial charge on any atom is -0.378 e. The molecule has 1 fully saturated rings. The van der Waals surface area contributed by atoms with Crippen molar-refractivity contribution in [3.05, 3.63) is 24.3 Å². The first-order valence-electron chi connectivity index (χ1n) is 7.51. The molecule has 124 valence electrons. The molecule has 1 aromatic carbocycles. The Morgan fingerprint density at radius 2 is 1.65 bits per heavy atom. The summed E-state index contributed by atoms with van der Waals surface area (Å²) in [6, 6.07) is 7.28. The minimum absolute atomic E-state index is 0.0120. The van der Waals surface area contributed by atoms with Gasteiger partial charge < -0.3 is 20.0 Å². The van der Waals surface area contributed by atoms with Gasteiger partial charge in [-0.2, -0.15) is 0 Å². The average Bonchev–Trinajstić information content (AvgIpc) is 2.54. The molecule has 0 saturated carbocycles. The van der Waals surface area contributed by atoms with E-state index in [1.807, 2.05) is 31.1 Å². The van der Waals surface area contributed by atoms with E-state index in [0.717, 1.165) is 5.69 Å². The number of amides is 3. The van der Waals surface area contributed by atoms with Crippen LogP contribution in [-0.2, 0) is 14.4 Å². The number of hydrogen-bond acceptors (Lipinski definition) is 4. The fourth-order valence-electron chi connectivity index (χ4n) is 2.41. The van der Waals surface area contributed by atoms with Crippen LogP contribution in [0.15, 0.2) is 24.3 Å². The van der Waals surface area contributed by atoms with Crippen LogP contribution in [0.2, 0.25) is 0 Å². The smallest absolute Gasteiger partial charge is 0.313 e. The summed E-state index contributed by atoms with van der Waals surface area (Å²) < 4.78 is 0. The molecule has 0 aliphatic carbocycles. The van der Waals surface area contributed by atoms with E-state index in [0.29, 0.717) is 31.9 Å². The average molecular weight is 318 g/mol. The normalized spacial score (nSPS) is 14.4. The Kier molecular flexibility index (Phi) is 5.20. The second-order valence-electron chi connectivity index (χ2n) is 5.70. The fraction of sp³-hybridized carbons (Fsp3) is 0.438. The molecule has 7 heteroatoms. The third-order valence-electron chi connectivity index (χ3n) is 3.83. The van der Waals surface area contributed by atoms with Crippen LogP contribution in [0.25, 0.3) is 0 Å². The van der Waals surface area contributed by atoms with Crippen LogP contribution in [0.3, 0.4) is 0 Å². The molecule has 7 nitrogen and oxygen atoms in total. The SMILES string of the molecule is CC(=O)N1CCN(C(=O)C(=O)Nc2cccc(N(C)C)c2)CC1. The van der Waals surface area contributed by atoms with Crippen molar-refractivity contribution in [3.63, 3.8) is 0 Å². The zero-order valence-corrected chi connectivity index (χ0v) is 13.7. The molecule has 1 heterocycles. The summed E-state index contributed by atoms with van der Waals surface area (Å²) in [4.78, 5) is 40.6. The maximum Gasteiger partial charge on any atom is 0.313 e. The van der Waals surface area contributed by atoms with Crippen LogP contribution in [0.1, 0.15) is 6.92 Å². The Labute approximate surface area is 135 Å². The summed E-state index contributed by atoms with van der Waals surface area (Å²) in [5.41, 5.74) is 1.52. The molecular weight excluding hydrogens is 296 g/mol. The number of nitrogens with zero attached hydrogens (tertiary/aromatic N) is 3. The molecule has 0 bridgehead atoms. The van der Waals surface area contributed by atoms with Gasteiger partial charge in [0.25, 0.3) is 0 Å². The second-order valence-corrected chi connectivity index (χ2v) is 5.70. The maximum atomic E-state index is 12.2. The molecule has 0 radical (unpaired) electrons. The van der Waals surface area contributed by atoms with Gasteiger partial charge in [-0.15, -0.1) is 0 Å². The highest BCUT2D eigenvalue weighted by Crippen LogP contribution is 2.17. The number of carbonyl (C=O) groups is 3. The molecular formula is C16H22N4O3. The third-order valence-corrected chi connectivity index (χ3v) is 3.83. The second kappa shape index (κ2) is 7.13. The number of anilines is 2. The van der Waals surface area contributed by atoms with Gasteiger partial charge in [0.05, 0.1) is 0 Å². The van der Waals surface area contributed by atoms with Crippen molar-refractivity contribution >= 4 is 29.1 Å². The van der Waals surface area contributed by atoms with E-state index >= 15 is 0 Å². The van der Waals surface area contributed by atoms with Gasteiger partial charge in [0, 0.05) is 58.6 Å². The van der Waals surface area contributed by atoms with Gasteiger partial charge in [-0.3, -0.25) is 14.4 Å². The maximum absolute atomic E-state index is 12.2. The van der Waals surface area contributed by atoms with Crippen molar-refractivity contribution in [3.8, 4) is 0 Å². The summed E-state index contributed by atoms with van der Waals surface area (Å²) in [5.74, 6) is -1.23. The van der Waals surface area contributed by atoms with Crippen molar-refractivity contribution < 1.29 is 14.4 Å². The molecule has 0 unspecified atom stereocenters. The molecule has 0 aromatic heterocycles. The summed E-state index contributed by atoms with van der Waals surface area (Å²) in [6.07, 6.45) is 0. The Balaban J connectivity index is 1.94. The quantitative estimate of drug-likeness (QED) is 0.800. The van der Waals surface area contributed by atoms with Crippen LogP contribution in [0, 0.1) is 0 Å². The Bertz CT molecular complexity index is 607. The summed E-state index contributed by atoms with van der Waals surface area (Å²) >= 11 is 0. The van der Waals surface area contributed by atoms with E-state index in [1.165, 1.54) is 11.8 Å². The molecule has 0 spiro atoms. The van der Waals surface area contributed by atoms with E-state index in [2.05, 4.69) is 5.32 Å². The number of carbonyl (C=O) groups excluding carboxylic acids is 3. The Morgan fingerprint density at radius 3 is 2.22 bits per heavy atom. The van der Waals surface area contributed by atoms with Crippen molar-refractivity contribution in [1.82, 2.24) is 9.80 Å². The summed E-state index contributed by atoms with van der Waals surface area (Å²) in [5, 5.41) is 2.63. The molecule has 1 aliphatic heterocycles. The first-order valence-corrected chi connectivity index (χ1v) is 7.51. The highest BCUT2D eigenvalue weighted by Gasteiger charge is 2.26. The van der Waals surface area contributed by atoms with Crippen LogP contribution < -0.4 is 10.2 Å². The van der Waals surface area contributed by atoms with Crippen LogP contribution in [-0.4, -0.2) is 67.8 Å². The van der Waals surface area contributed by atoms with Gasteiger partial charge in [-0.25, -0.2) is 0 Å². The van der Waals surface area contributed by atoms with Gasteiger partial charge in [0.1, 0.15) is 0 Å². The topological polar surface area (TPSA) is 73.0 Å². The van der Waals surface area contributed by atoms with Crippen molar-refractivity contribution in [2.45, 2.75) is 6.92 Å². The lowest BCUT2D eigenvalue weighted by molar-refractivity contribution is -0.145. The zero-order chi connectivity index (χ0) is 17.0. The highest BCUT2D eigenvalue weighted by molar-refractivity contribution is 6.39. The first kappa shape index (κ1) is 16.8. The standard InChI is InChI=1S/C16H22N4O3/c1-12(21)19-7-9-20(10-8-19)16(23)15(22)17-13-5-4-6-14(11-13)18(2)3/h4-6,11H,7-10H2,1-3H3,(H,17,22). The Morgan fingerprint density at radius 1 is 1.04 bits per heavy atom. The van der Waals surface area contributed by atoms with Gasteiger partial charge in [-0.1, -0.05) is 6.07 Å².